The molecule has 0 radical (unpaired) electrons. The number of carbonyl (C=O) groups is 2. The van der Waals surface area contributed by atoms with E-state index >= 15 is 0 Å². The number of imide groups is 1. The first kappa shape index (κ1) is 10.0. The van der Waals surface area contributed by atoms with Gasteiger partial charge in [0.25, 0.3) is 0 Å². The van der Waals surface area contributed by atoms with E-state index < -0.39 is 6.04 Å². The summed E-state index contributed by atoms with van der Waals surface area (Å²) in [5.74, 6) is -0.139. The number of nitrogens with one attached hydrogen (secondary N) is 2. The molecular weight excluding hydrogens is 264 g/mol. The van der Waals surface area contributed by atoms with Gasteiger partial charge in [0, 0.05) is 0 Å². The number of nitrogens with zero attached hydrogens (tertiary/aromatic N) is 2. The number of rotatable bonds is 2. The van der Waals surface area contributed by atoms with Crippen LogP contribution in [0, 0.1) is 0 Å². The average Bonchev–Trinajstić information content (AvgIpc) is 2.49. The third-order valence-electron chi connectivity index (χ3n) is 1.91. The van der Waals surface area contributed by atoms with Gasteiger partial charge in [0.2, 0.25) is 11.8 Å². The second kappa shape index (κ2) is 3.93. The third kappa shape index (κ3) is 2.30. The Morgan fingerprint density at radius 3 is 2.73 bits per heavy atom. The zero-order valence-electron chi connectivity index (χ0n) is 7.53. The summed E-state index contributed by atoms with van der Waals surface area (Å²) >= 11 is 3.14. The molecule has 0 aromatic carbocycles. The Bertz CT molecular complexity index is 406. The molecule has 1 atom stereocenters. The Balaban J connectivity index is 2.06. The molecule has 1 unspecified atom stereocenters. The largest absolute Gasteiger partial charge is 0.357 e. The Kier molecular flexibility index (Phi) is 2.63. The summed E-state index contributed by atoms with van der Waals surface area (Å²) in [5.41, 5.74) is 0. The molecule has 0 spiro atoms. The number of halogens is 1. The molecule has 2 heterocycles. The molecule has 1 aromatic heterocycles. The predicted octanol–water partition coefficient (Wildman–Crippen LogP) is 0.0661. The van der Waals surface area contributed by atoms with Gasteiger partial charge in [-0.3, -0.25) is 14.9 Å². The second-order valence-corrected chi connectivity index (χ2v) is 3.85. The van der Waals surface area contributed by atoms with Crippen LogP contribution >= 0.6 is 15.9 Å². The highest BCUT2D eigenvalue weighted by Gasteiger charge is 2.30. The molecule has 15 heavy (non-hydrogen) atoms. The summed E-state index contributed by atoms with van der Waals surface area (Å²) in [6.45, 7) is 0. The van der Waals surface area contributed by atoms with Crippen LogP contribution < -0.4 is 10.6 Å². The molecule has 1 aromatic rings. The lowest BCUT2D eigenvalue weighted by Crippen LogP contribution is -2.30. The van der Waals surface area contributed by atoms with E-state index in [0.29, 0.717) is 10.4 Å². The highest BCUT2D eigenvalue weighted by molar-refractivity contribution is 9.10. The zero-order valence-corrected chi connectivity index (χ0v) is 9.11. The van der Waals surface area contributed by atoms with Crippen LogP contribution in [-0.4, -0.2) is 27.8 Å². The summed E-state index contributed by atoms with van der Waals surface area (Å²) in [6.07, 6.45) is 3.13. The molecule has 1 aliphatic rings. The Hall–Kier alpha value is -1.50. The van der Waals surface area contributed by atoms with E-state index in [9.17, 15) is 9.59 Å². The van der Waals surface area contributed by atoms with Crippen molar-refractivity contribution in [1.29, 1.82) is 0 Å². The Labute approximate surface area is 93.6 Å². The van der Waals surface area contributed by atoms with Crippen LogP contribution in [0.4, 0.5) is 5.82 Å². The molecule has 6 nitrogen and oxygen atoms in total. The molecule has 0 bridgehead atoms. The molecule has 2 rings (SSSR count). The SMILES string of the molecule is O=C1CC(Nc2cnc(Br)cn2)C(=O)N1. The van der Waals surface area contributed by atoms with Crippen molar-refractivity contribution in [3.63, 3.8) is 0 Å². The predicted molar refractivity (Wildman–Crippen MR) is 54.9 cm³/mol. The minimum absolute atomic E-state index is 0.135. The number of anilines is 1. The fourth-order valence-electron chi connectivity index (χ4n) is 1.24. The zero-order chi connectivity index (χ0) is 10.8. The lowest BCUT2D eigenvalue weighted by Gasteiger charge is -2.08. The first-order chi connectivity index (χ1) is 7.15. The fraction of sp³-hybridized carbons (Fsp3) is 0.250. The van der Waals surface area contributed by atoms with Crippen LogP contribution in [0.25, 0.3) is 0 Å². The number of amides is 2. The molecule has 7 heteroatoms. The molecule has 2 N–H and O–H groups in total. The fourth-order valence-corrected chi connectivity index (χ4v) is 1.44. The first-order valence-corrected chi connectivity index (χ1v) is 5.02. The lowest BCUT2D eigenvalue weighted by molar-refractivity contribution is -0.124. The van der Waals surface area contributed by atoms with E-state index in [1.165, 1.54) is 12.4 Å². The van der Waals surface area contributed by atoms with Crippen LogP contribution in [0.2, 0.25) is 0 Å². The number of hydrogen-bond acceptors (Lipinski definition) is 5. The smallest absolute Gasteiger partial charge is 0.249 e. The first-order valence-electron chi connectivity index (χ1n) is 4.23. The minimum atomic E-state index is -0.548. The number of hydrogen-bond donors (Lipinski definition) is 2. The summed E-state index contributed by atoms with van der Waals surface area (Å²) in [5, 5.41) is 5.02. The topological polar surface area (TPSA) is 84.0 Å². The monoisotopic (exact) mass is 270 g/mol. The van der Waals surface area contributed by atoms with Crippen molar-refractivity contribution in [2.45, 2.75) is 12.5 Å². The molecule has 0 aliphatic carbocycles. The summed E-state index contributed by atoms with van der Waals surface area (Å²) < 4.78 is 0.611. The maximum atomic E-state index is 11.2. The van der Waals surface area contributed by atoms with Gasteiger partial charge >= 0.3 is 0 Å². The quantitative estimate of drug-likeness (QED) is 0.743. The van der Waals surface area contributed by atoms with Crippen molar-refractivity contribution in [3.8, 4) is 0 Å². The van der Waals surface area contributed by atoms with E-state index in [4.69, 9.17) is 0 Å². The lowest BCUT2D eigenvalue weighted by atomic mass is 10.2. The molecule has 0 saturated carbocycles. The Morgan fingerprint density at radius 2 is 2.20 bits per heavy atom. The van der Waals surface area contributed by atoms with Gasteiger partial charge in [0.15, 0.2) is 0 Å². The molecule has 1 aliphatic heterocycles. The number of aromatic nitrogens is 2. The van der Waals surface area contributed by atoms with Gasteiger partial charge in [0.1, 0.15) is 16.5 Å². The van der Waals surface area contributed by atoms with Crippen molar-refractivity contribution in [2.75, 3.05) is 5.32 Å². The van der Waals surface area contributed by atoms with Crippen LogP contribution in [-0.2, 0) is 9.59 Å². The van der Waals surface area contributed by atoms with E-state index in [2.05, 4.69) is 36.5 Å². The van der Waals surface area contributed by atoms with E-state index in [1.54, 1.807) is 0 Å². The molecule has 78 valence electrons. The van der Waals surface area contributed by atoms with Crippen LogP contribution in [0.3, 0.4) is 0 Å². The van der Waals surface area contributed by atoms with Crippen LogP contribution in [0.15, 0.2) is 17.0 Å². The van der Waals surface area contributed by atoms with Crippen molar-refractivity contribution in [3.05, 3.63) is 17.0 Å². The van der Waals surface area contributed by atoms with Gasteiger partial charge in [-0.2, -0.15) is 0 Å². The molecular formula is C8H7BrN4O2. The third-order valence-corrected chi connectivity index (χ3v) is 2.32. The van der Waals surface area contributed by atoms with Crippen LogP contribution in [0.1, 0.15) is 6.42 Å². The summed E-state index contributed by atoms with van der Waals surface area (Å²) in [6, 6.07) is -0.548. The van der Waals surface area contributed by atoms with Gasteiger partial charge in [-0.05, 0) is 15.9 Å². The van der Waals surface area contributed by atoms with E-state index in [0.717, 1.165) is 0 Å². The maximum absolute atomic E-state index is 11.2. The average molecular weight is 271 g/mol. The molecule has 1 fully saturated rings. The highest BCUT2D eigenvalue weighted by atomic mass is 79.9. The van der Waals surface area contributed by atoms with Crippen molar-refractivity contribution in [2.24, 2.45) is 0 Å². The van der Waals surface area contributed by atoms with Crippen LogP contribution in [0.5, 0.6) is 0 Å². The van der Waals surface area contributed by atoms with E-state index in [-0.39, 0.29) is 18.2 Å². The summed E-state index contributed by atoms with van der Waals surface area (Å²) in [4.78, 5) is 30.0. The minimum Gasteiger partial charge on any atom is -0.357 e. The van der Waals surface area contributed by atoms with Crippen molar-refractivity contribution >= 4 is 33.6 Å². The Morgan fingerprint density at radius 1 is 1.40 bits per heavy atom. The van der Waals surface area contributed by atoms with Gasteiger partial charge in [-0.25, -0.2) is 9.97 Å². The van der Waals surface area contributed by atoms with Gasteiger partial charge < -0.3 is 5.32 Å². The normalized spacial score (nSPS) is 20.2. The van der Waals surface area contributed by atoms with E-state index in [1.807, 2.05) is 0 Å². The maximum Gasteiger partial charge on any atom is 0.249 e. The molecule has 1 saturated heterocycles. The van der Waals surface area contributed by atoms with Crippen molar-refractivity contribution in [1.82, 2.24) is 15.3 Å². The highest BCUT2D eigenvalue weighted by Crippen LogP contribution is 2.11. The van der Waals surface area contributed by atoms with Gasteiger partial charge in [-0.1, -0.05) is 0 Å². The second-order valence-electron chi connectivity index (χ2n) is 3.04. The van der Waals surface area contributed by atoms with Crippen molar-refractivity contribution < 1.29 is 9.59 Å². The molecule has 2 amide bonds. The standard InChI is InChI=1S/C8H7BrN4O2/c9-5-2-11-6(3-10-5)12-4-1-7(14)13-8(4)15/h2-4H,1H2,(H,11,12)(H,13,14,15). The van der Waals surface area contributed by atoms with Gasteiger partial charge in [0.05, 0.1) is 18.8 Å². The van der Waals surface area contributed by atoms with Gasteiger partial charge in [-0.15, -0.1) is 0 Å². The summed E-state index contributed by atoms with van der Waals surface area (Å²) in [7, 11) is 0. The number of carbonyl (C=O) groups excluding carboxylic acids is 2.